The average molecular weight is 440 g/mol. The number of rotatable bonds is 4. The SMILES string of the molecule is COC(=O)C1(C)CCc2c(C)c(OCc3ccc4ccc(Cl)cc4n3)c(C)c(C)c2O1. The largest absolute Gasteiger partial charge is 0.487 e. The molecule has 0 saturated heterocycles. The van der Waals surface area contributed by atoms with Gasteiger partial charge in [0.15, 0.2) is 0 Å². The maximum absolute atomic E-state index is 12.2. The fraction of sp³-hybridized carbons (Fsp3) is 0.360. The molecule has 4 rings (SSSR count). The van der Waals surface area contributed by atoms with Gasteiger partial charge in [-0.3, -0.25) is 0 Å². The van der Waals surface area contributed by atoms with E-state index in [-0.39, 0.29) is 5.97 Å². The van der Waals surface area contributed by atoms with Crippen molar-refractivity contribution >= 4 is 28.5 Å². The summed E-state index contributed by atoms with van der Waals surface area (Å²) in [6.07, 6.45) is 1.28. The van der Waals surface area contributed by atoms with Gasteiger partial charge in [0.1, 0.15) is 18.1 Å². The Kier molecular flexibility index (Phi) is 5.56. The van der Waals surface area contributed by atoms with Gasteiger partial charge in [-0.2, -0.15) is 0 Å². The first kappa shape index (κ1) is 21.4. The number of ether oxygens (including phenoxy) is 3. The Hall–Kier alpha value is -2.79. The molecule has 5 nitrogen and oxygen atoms in total. The van der Waals surface area contributed by atoms with Crippen molar-refractivity contribution in [1.82, 2.24) is 4.98 Å². The summed E-state index contributed by atoms with van der Waals surface area (Å²) < 4.78 is 17.4. The van der Waals surface area contributed by atoms with Gasteiger partial charge in [-0.15, -0.1) is 0 Å². The molecule has 1 aliphatic heterocycles. The highest BCUT2D eigenvalue weighted by molar-refractivity contribution is 6.31. The highest BCUT2D eigenvalue weighted by atomic mass is 35.5. The molecule has 3 aromatic rings. The Labute approximate surface area is 187 Å². The van der Waals surface area contributed by atoms with E-state index in [1.54, 1.807) is 6.92 Å². The first-order valence-electron chi connectivity index (χ1n) is 10.3. The van der Waals surface area contributed by atoms with Crippen molar-refractivity contribution in [2.24, 2.45) is 0 Å². The van der Waals surface area contributed by atoms with Gasteiger partial charge in [0, 0.05) is 22.4 Å². The second kappa shape index (κ2) is 8.04. The summed E-state index contributed by atoms with van der Waals surface area (Å²) in [5.41, 5.74) is 4.80. The van der Waals surface area contributed by atoms with E-state index in [1.807, 2.05) is 51.1 Å². The van der Waals surface area contributed by atoms with Crippen LogP contribution in [-0.2, 0) is 22.6 Å². The summed E-state index contributed by atoms with van der Waals surface area (Å²) >= 11 is 6.11. The zero-order chi connectivity index (χ0) is 22.3. The molecule has 1 aromatic heterocycles. The monoisotopic (exact) mass is 439 g/mol. The average Bonchev–Trinajstić information content (AvgIpc) is 2.76. The molecule has 1 aliphatic rings. The minimum Gasteiger partial charge on any atom is -0.487 e. The Bertz CT molecular complexity index is 1190. The molecule has 1 unspecified atom stereocenters. The molecule has 0 fully saturated rings. The summed E-state index contributed by atoms with van der Waals surface area (Å²) in [6.45, 7) is 8.19. The van der Waals surface area contributed by atoms with Gasteiger partial charge >= 0.3 is 5.97 Å². The van der Waals surface area contributed by atoms with E-state index in [1.165, 1.54) is 7.11 Å². The summed E-state index contributed by atoms with van der Waals surface area (Å²) in [5.74, 6) is 1.25. The standard InChI is InChI=1S/C25H26ClNO4/c1-14-15(2)23-20(10-11-25(4,31-23)24(28)29-5)16(3)22(14)30-13-19-9-7-17-6-8-18(26)12-21(17)27-19/h6-9,12H,10-11,13H2,1-5H3. The van der Waals surface area contributed by atoms with Gasteiger partial charge in [-0.25, -0.2) is 9.78 Å². The summed E-state index contributed by atoms with van der Waals surface area (Å²) in [7, 11) is 1.39. The normalized spacial score (nSPS) is 17.7. The predicted molar refractivity (Wildman–Crippen MR) is 121 cm³/mol. The Morgan fingerprint density at radius 2 is 1.90 bits per heavy atom. The maximum atomic E-state index is 12.2. The molecule has 162 valence electrons. The number of nitrogens with zero attached hydrogens (tertiary/aromatic N) is 1. The molecule has 2 aromatic carbocycles. The second-order valence-corrected chi connectivity index (χ2v) is 8.70. The summed E-state index contributed by atoms with van der Waals surface area (Å²) in [5, 5.41) is 1.70. The number of hydrogen-bond donors (Lipinski definition) is 0. The van der Waals surface area contributed by atoms with E-state index in [2.05, 4.69) is 4.98 Å². The molecule has 0 saturated carbocycles. The van der Waals surface area contributed by atoms with Crippen LogP contribution in [0.4, 0.5) is 0 Å². The number of pyridine rings is 1. The number of hydrogen-bond acceptors (Lipinski definition) is 5. The highest BCUT2D eigenvalue weighted by Crippen LogP contribution is 2.44. The molecule has 0 N–H and O–H groups in total. The smallest absolute Gasteiger partial charge is 0.349 e. The lowest BCUT2D eigenvalue weighted by molar-refractivity contribution is -0.159. The van der Waals surface area contributed by atoms with Crippen LogP contribution >= 0.6 is 11.6 Å². The van der Waals surface area contributed by atoms with Crippen molar-refractivity contribution in [1.29, 1.82) is 0 Å². The van der Waals surface area contributed by atoms with Crippen LogP contribution in [0.25, 0.3) is 10.9 Å². The van der Waals surface area contributed by atoms with Gasteiger partial charge in [0.25, 0.3) is 0 Å². The lowest BCUT2D eigenvalue weighted by atomic mass is 9.87. The molecule has 0 radical (unpaired) electrons. The lowest BCUT2D eigenvalue weighted by Crippen LogP contribution is -2.45. The number of carbonyl (C=O) groups is 1. The van der Waals surface area contributed by atoms with Crippen LogP contribution in [0.3, 0.4) is 0 Å². The Morgan fingerprint density at radius 1 is 1.16 bits per heavy atom. The van der Waals surface area contributed by atoms with Crippen LogP contribution in [0.2, 0.25) is 5.02 Å². The maximum Gasteiger partial charge on any atom is 0.349 e. The fourth-order valence-electron chi connectivity index (χ4n) is 4.17. The minimum atomic E-state index is -0.968. The number of carbonyl (C=O) groups excluding carboxylic acids is 1. The Balaban J connectivity index is 1.63. The van der Waals surface area contributed by atoms with Crippen molar-refractivity contribution in [3.8, 4) is 11.5 Å². The van der Waals surface area contributed by atoms with Crippen molar-refractivity contribution in [3.05, 3.63) is 63.3 Å². The Morgan fingerprint density at radius 3 is 2.65 bits per heavy atom. The first-order valence-corrected chi connectivity index (χ1v) is 10.7. The number of aromatic nitrogens is 1. The third-order valence-corrected chi connectivity index (χ3v) is 6.42. The molecular formula is C25H26ClNO4. The molecular weight excluding hydrogens is 414 g/mol. The topological polar surface area (TPSA) is 57.7 Å². The highest BCUT2D eigenvalue weighted by Gasteiger charge is 2.41. The number of esters is 1. The molecule has 2 heterocycles. The number of halogens is 1. The molecule has 0 aliphatic carbocycles. The van der Waals surface area contributed by atoms with Crippen LogP contribution < -0.4 is 9.47 Å². The lowest BCUT2D eigenvalue weighted by Gasteiger charge is -2.36. The first-order chi connectivity index (χ1) is 14.7. The van der Waals surface area contributed by atoms with E-state index in [0.717, 1.165) is 56.8 Å². The number of benzene rings is 2. The molecule has 0 bridgehead atoms. The number of methoxy groups -OCH3 is 1. The third kappa shape index (κ3) is 3.83. The van der Waals surface area contributed by atoms with Crippen LogP contribution in [0.15, 0.2) is 30.3 Å². The number of fused-ring (bicyclic) bond motifs is 2. The van der Waals surface area contributed by atoms with Crippen LogP contribution in [0.5, 0.6) is 11.5 Å². The quantitative estimate of drug-likeness (QED) is 0.491. The van der Waals surface area contributed by atoms with Crippen molar-refractivity contribution in [2.45, 2.75) is 52.7 Å². The minimum absolute atomic E-state index is 0.350. The second-order valence-electron chi connectivity index (χ2n) is 8.26. The fourth-order valence-corrected chi connectivity index (χ4v) is 4.34. The zero-order valence-corrected chi connectivity index (χ0v) is 19.2. The van der Waals surface area contributed by atoms with Gasteiger partial charge in [-0.05, 0) is 69.0 Å². The third-order valence-electron chi connectivity index (χ3n) is 6.18. The molecule has 1 atom stereocenters. The van der Waals surface area contributed by atoms with Crippen molar-refractivity contribution in [3.63, 3.8) is 0 Å². The van der Waals surface area contributed by atoms with E-state index in [9.17, 15) is 4.79 Å². The van der Waals surface area contributed by atoms with Crippen LogP contribution in [-0.4, -0.2) is 23.7 Å². The predicted octanol–water partition coefficient (Wildman–Crippen LogP) is 5.65. The van der Waals surface area contributed by atoms with Crippen molar-refractivity contribution in [2.75, 3.05) is 7.11 Å². The van der Waals surface area contributed by atoms with E-state index < -0.39 is 5.60 Å². The van der Waals surface area contributed by atoms with Gasteiger partial charge in [0.2, 0.25) is 5.60 Å². The summed E-state index contributed by atoms with van der Waals surface area (Å²) in [4.78, 5) is 16.9. The van der Waals surface area contributed by atoms with Gasteiger partial charge in [-0.1, -0.05) is 23.7 Å². The zero-order valence-electron chi connectivity index (χ0n) is 18.5. The molecule has 31 heavy (non-hydrogen) atoms. The molecule has 0 amide bonds. The van der Waals surface area contributed by atoms with Crippen LogP contribution in [0, 0.1) is 20.8 Å². The van der Waals surface area contributed by atoms with Gasteiger partial charge < -0.3 is 14.2 Å². The van der Waals surface area contributed by atoms with Crippen molar-refractivity contribution < 1.29 is 19.0 Å². The van der Waals surface area contributed by atoms with E-state index in [4.69, 9.17) is 25.8 Å². The van der Waals surface area contributed by atoms with E-state index in [0.29, 0.717) is 18.1 Å². The summed E-state index contributed by atoms with van der Waals surface area (Å²) in [6, 6.07) is 9.67. The molecule has 6 heteroatoms. The van der Waals surface area contributed by atoms with Crippen LogP contribution in [0.1, 0.15) is 41.3 Å². The van der Waals surface area contributed by atoms with E-state index >= 15 is 0 Å². The molecule has 0 spiro atoms. The van der Waals surface area contributed by atoms with Gasteiger partial charge in [0.05, 0.1) is 18.3 Å².